The molecule has 2 aromatic carbocycles. The number of likely N-dealkylation sites (N-methyl/N-ethyl adjacent to an activating group) is 2. The summed E-state index contributed by atoms with van der Waals surface area (Å²) >= 11 is 0. The normalized spacial score (nSPS) is 19.7. The lowest BCUT2D eigenvalue weighted by Crippen LogP contribution is -2.79. The molecule has 0 bridgehead atoms. The summed E-state index contributed by atoms with van der Waals surface area (Å²) in [5.74, 6) is -0.877. The van der Waals surface area contributed by atoms with Crippen LogP contribution in [-0.2, 0) is 14.3 Å². The number of carbonyl (C=O) groups excluding carboxylic acids is 2. The van der Waals surface area contributed by atoms with Crippen molar-refractivity contribution in [1.82, 2.24) is 5.01 Å². The zero-order valence-electron chi connectivity index (χ0n) is 22.5. The highest BCUT2D eigenvalue weighted by atomic mass is 16.5. The van der Waals surface area contributed by atoms with E-state index in [1.165, 1.54) is 5.01 Å². The maximum atomic E-state index is 12.9. The molecule has 2 aromatic rings. The zero-order valence-corrected chi connectivity index (χ0v) is 22.5. The number of carbonyl (C=O) groups is 2. The molecule has 1 atom stereocenters. The number of hydrazone groups is 1. The third-order valence-electron chi connectivity index (χ3n) is 7.54. The largest absolute Gasteiger partial charge is 0.506 e. The molecule has 0 fully saturated rings. The number of nitriles is 2. The van der Waals surface area contributed by atoms with Gasteiger partial charge in [0.05, 0.1) is 30.9 Å². The molecule has 0 spiro atoms. The third-order valence-corrected chi connectivity index (χ3v) is 7.54. The monoisotopic (exact) mass is 534 g/mol. The van der Waals surface area contributed by atoms with Gasteiger partial charge in [-0.05, 0) is 41.3 Å². The second kappa shape index (κ2) is 10.6. The van der Waals surface area contributed by atoms with E-state index in [4.69, 9.17) is 4.74 Å². The smallest absolute Gasteiger partial charge is 0.314 e. The van der Waals surface area contributed by atoms with Gasteiger partial charge in [-0.1, -0.05) is 36.4 Å². The lowest BCUT2D eigenvalue weighted by Gasteiger charge is -2.26. The van der Waals surface area contributed by atoms with Gasteiger partial charge in [0.2, 0.25) is 11.5 Å². The molecule has 5 rings (SSSR count). The van der Waals surface area contributed by atoms with Crippen molar-refractivity contribution in [3.8, 4) is 12.1 Å². The van der Waals surface area contributed by atoms with Crippen LogP contribution in [0.1, 0.15) is 43.1 Å². The van der Waals surface area contributed by atoms with Crippen LogP contribution >= 0.6 is 0 Å². The van der Waals surface area contributed by atoms with E-state index >= 15 is 0 Å². The number of hydrazine groups is 1. The number of ether oxygens (including phenoxy) is 1. The van der Waals surface area contributed by atoms with Crippen molar-refractivity contribution in [2.24, 2.45) is 0 Å². The quantitative estimate of drug-likeness (QED) is 0.412. The fourth-order valence-electron chi connectivity index (χ4n) is 5.50. The second-order valence-corrected chi connectivity index (χ2v) is 9.76. The highest BCUT2D eigenvalue weighted by Crippen LogP contribution is 2.43. The van der Waals surface area contributed by atoms with Gasteiger partial charge in [-0.3, -0.25) is 9.59 Å². The first-order chi connectivity index (χ1) is 19.3. The Morgan fingerprint density at radius 3 is 2.40 bits per heavy atom. The summed E-state index contributed by atoms with van der Waals surface area (Å²) in [5.41, 5.74) is 5.22. The molecule has 3 aliphatic rings. The van der Waals surface area contributed by atoms with Gasteiger partial charge in [0.25, 0.3) is 0 Å². The number of hydrogen-bond donors (Lipinski definition) is 2. The van der Waals surface area contributed by atoms with Crippen molar-refractivity contribution < 1.29 is 24.5 Å². The fraction of sp³-hybridized carbons (Fsp3) is 0.258. The third kappa shape index (κ3) is 4.37. The van der Waals surface area contributed by atoms with Gasteiger partial charge < -0.3 is 14.7 Å². The zero-order chi connectivity index (χ0) is 28.6. The molecule has 0 aromatic heterocycles. The predicted octanol–water partition coefficient (Wildman–Crippen LogP) is 2.55. The van der Waals surface area contributed by atoms with E-state index in [-0.39, 0.29) is 45.8 Å². The molecule has 0 radical (unpaired) electrons. The number of aliphatic hydroxyl groups is 1. The van der Waals surface area contributed by atoms with Crippen molar-refractivity contribution in [3.63, 3.8) is 0 Å². The minimum absolute atomic E-state index is 0.0499. The summed E-state index contributed by atoms with van der Waals surface area (Å²) in [7, 11) is 1.56. The Labute approximate surface area is 232 Å². The van der Waals surface area contributed by atoms with E-state index in [0.29, 0.717) is 30.8 Å². The van der Waals surface area contributed by atoms with Crippen LogP contribution in [0.4, 0.5) is 5.69 Å². The minimum Gasteiger partial charge on any atom is -0.506 e. The first-order valence-electron chi connectivity index (χ1n) is 13.0. The molecule has 9 nitrogen and oxygen atoms in total. The first kappa shape index (κ1) is 26.6. The summed E-state index contributed by atoms with van der Waals surface area (Å²) < 4.78 is 6.23. The lowest BCUT2D eigenvalue weighted by atomic mass is 9.80. The number of aliphatic hydroxyl groups excluding tert-OH is 1. The number of Topliss-reactive ketones (excluding diaryl/α,β-unsaturated/α-hetero) is 1. The molecular formula is C31H28N5O4+. The van der Waals surface area contributed by atoms with Gasteiger partial charge in [-0.2, -0.15) is 10.5 Å². The van der Waals surface area contributed by atoms with E-state index in [2.05, 4.69) is 10.0 Å². The molecule has 1 heterocycles. The van der Waals surface area contributed by atoms with Crippen LogP contribution in [0.15, 0.2) is 71.0 Å². The first-order valence-corrected chi connectivity index (χ1v) is 13.0. The predicted molar refractivity (Wildman–Crippen MR) is 148 cm³/mol. The van der Waals surface area contributed by atoms with Crippen molar-refractivity contribution >= 4 is 34.2 Å². The van der Waals surface area contributed by atoms with Gasteiger partial charge in [0, 0.05) is 32.1 Å². The average Bonchev–Trinajstić information content (AvgIpc) is 3.44. The molecule has 1 unspecified atom stereocenters. The van der Waals surface area contributed by atoms with Gasteiger partial charge in [-0.25, -0.2) is 0 Å². The van der Waals surface area contributed by atoms with Crippen LogP contribution < -0.4 is 10.0 Å². The Bertz CT molecular complexity index is 1620. The van der Waals surface area contributed by atoms with E-state index in [1.807, 2.05) is 55.5 Å². The maximum absolute atomic E-state index is 12.9. The molecule has 2 aliphatic carbocycles. The highest BCUT2D eigenvalue weighted by Gasteiger charge is 2.44. The minimum atomic E-state index is -0.355. The summed E-state index contributed by atoms with van der Waals surface area (Å²) in [6.07, 6.45) is 0.255. The number of allylic oxidation sites excluding steroid dienone is 3. The standard InChI is InChI=1S/C31H27N5O4/c1-4-36(13-14-40-25-15-24(20(16-32)17-33)22-7-5-6-8-23(22)25)21-11-9-19(10-12-21)27-29(37)28(30(27)38)26-18(2)34-35(3)31(26)39/h5-12,25,37H,4,13-15H2,1-3H3/p+1. The molecule has 1 amide bonds. The molecule has 0 saturated carbocycles. The average molecular weight is 535 g/mol. The van der Waals surface area contributed by atoms with E-state index in [9.17, 15) is 25.2 Å². The Kier molecular flexibility index (Phi) is 7.08. The van der Waals surface area contributed by atoms with Crippen LogP contribution in [0.25, 0.3) is 11.1 Å². The lowest BCUT2D eigenvalue weighted by molar-refractivity contribution is -0.609. The summed E-state index contributed by atoms with van der Waals surface area (Å²) in [4.78, 5) is 27.5. The Hall–Kier alpha value is -4.99. The van der Waals surface area contributed by atoms with Crippen molar-refractivity contribution in [1.29, 1.82) is 10.5 Å². The van der Waals surface area contributed by atoms with Crippen molar-refractivity contribution in [3.05, 3.63) is 87.7 Å². The summed E-state index contributed by atoms with van der Waals surface area (Å²) in [6, 6.07) is 19.1. The van der Waals surface area contributed by atoms with Crippen molar-refractivity contribution in [2.45, 2.75) is 26.4 Å². The number of amides is 1. The number of hydrogen-bond acceptors (Lipinski definition) is 7. The highest BCUT2D eigenvalue weighted by molar-refractivity contribution is 6.43. The number of rotatable bonds is 7. The van der Waals surface area contributed by atoms with E-state index in [0.717, 1.165) is 28.9 Å². The van der Waals surface area contributed by atoms with Crippen LogP contribution in [0.2, 0.25) is 0 Å². The van der Waals surface area contributed by atoms with E-state index < -0.39 is 0 Å². The van der Waals surface area contributed by atoms with E-state index in [1.54, 1.807) is 26.1 Å². The van der Waals surface area contributed by atoms with Crippen LogP contribution in [0.3, 0.4) is 0 Å². The Balaban J connectivity index is 1.27. The molecule has 9 heteroatoms. The summed E-state index contributed by atoms with van der Waals surface area (Å²) in [5, 5.41) is 33.6. The number of ketones is 1. The molecule has 200 valence electrons. The van der Waals surface area contributed by atoms with Gasteiger partial charge in [0.15, 0.2) is 0 Å². The maximum Gasteiger partial charge on any atom is 0.314 e. The van der Waals surface area contributed by atoms with Crippen LogP contribution in [-0.4, -0.2) is 54.3 Å². The van der Waals surface area contributed by atoms with Crippen LogP contribution in [0.5, 0.6) is 0 Å². The molecule has 2 N–H and O–H groups in total. The number of fused-ring (bicyclic) bond motifs is 1. The molecular weight excluding hydrogens is 506 g/mol. The van der Waals surface area contributed by atoms with Crippen molar-refractivity contribution in [2.75, 3.05) is 31.6 Å². The SMILES string of the molecule is CCN(CCOC1CC(=C(C#N)C#N)c2ccccc21)c1ccc(C2=C(O)C(=C3C(=O)N(C)[NH+]=C3C)C2=O)cc1. The number of nitrogens with zero attached hydrogens (tertiary/aromatic N) is 4. The number of anilines is 1. The molecule has 40 heavy (non-hydrogen) atoms. The van der Waals surface area contributed by atoms with Gasteiger partial charge in [0.1, 0.15) is 29.0 Å². The molecule has 1 aliphatic heterocycles. The second-order valence-electron chi connectivity index (χ2n) is 9.76. The summed E-state index contributed by atoms with van der Waals surface area (Å²) in [6.45, 7) is 5.50. The van der Waals surface area contributed by atoms with Crippen LogP contribution in [0, 0.1) is 22.7 Å². The van der Waals surface area contributed by atoms with Gasteiger partial charge >= 0.3 is 5.91 Å². The molecule has 0 saturated heterocycles. The Morgan fingerprint density at radius 1 is 1.10 bits per heavy atom. The topological polar surface area (TPSA) is 132 Å². The van der Waals surface area contributed by atoms with Gasteiger partial charge in [-0.15, -0.1) is 10.1 Å². The number of benzene rings is 2. The fourth-order valence-corrected chi connectivity index (χ4v) is 5.50. The Morgan fingerprint density at radius 2 is 1.80 bits per heavy atom. The number of nitrogens with one attached hydrogen (secondary N) is 1.